The molecule has 0 saturated carbocycles. The third kappa shape index (κ3) is 5.34. The van der Waals surface area contributed by atoms with Crippen molar-refractivity contribution < 1.29 is 23.7 Å². The third-order valence-electron chi connectivity index (χ3n) is 2.67. The summed E-state index contributed by atoms with van der Waals surface area (Å²) in [6, 6.07) is 7.46. The standard InChI is InChI=1S/C14H21NO5/c15-14-11-20-13-4-2-1-3-12(13)18-9-7-16-5-6-17-8-10-19-14/h1-4,14H,5-11,15H2. The van der Waals surface area contributed by atoms with Gasteiger partial charge in [0.25, 0.3) is 0 Å². The van der Waals surface area contributed by atoms with Crippen molar-refractivity contribution >= 4 is 0 Å². The smallest absolute Gasteiger partial charge is 0.161 e. The van der Waals surface area contributed by atoms with Crippen LogP contribution < -0.4 is 15.2 Å². The van der Waals surface area contributed by atoms with Crippen molar-refractivity contribution in [2.45, 2.75) is 6.23 Å². The Hall–Kier alpha value is -1.34. The van der Waals surface area contributed by atoms with Gasteiger partial charge in [0, 0.05) is 0 Å². The second kappa shape index (κ2) is 8.76. The van der Waals surface area contributed by atoms with E-state index in [1.807, 2.05) is 24.3 Å². The largest absolute Gasteiger partial charge is 0.487 e. The van der Waals surface area contributed by atoms with Crippen molar-refractivity contribution in [3.8, 4) is 11.5 Å². The van der Waals surface area contributed by atoms with E-state index in [0.717, 1.165) is 0 Å². The molecule has 1 unspecified atom stereocenters. The van der Waals surface area contributed by atoms with Gasteiger partial charge in [0.1, 0.15) is 19.4 Å². The van der Waals surface area contributed by atoms with Gasteiger partial charge in [0.2, 0.25) is 0 Å². The van der Waals surface area contributed by atoms with E-state index in [9.17, 15) is 0 Å². The lowest BCUT2D eigenvalue weighted by Gasteiger charge is -2.16. The summed E-state index contributed by atoms with van der Waals surface area (Å²) < 4.78 is 27.3. The Bertz CT molecular complexity index is 388. The Balaban J connectivity index is 1.93. The van der Waals surface area contributed by atoms with Crippen LogP contribution in [0.15, 0.2) is 24.3 Å². The highest BCUT2D eigenvalue weighted by Gasteiger charge is 2.08. The minimum atomic E-state index is -0.493. The summed E-state index contributed by atoms with van der Waals surface area (Å²) in [5.74, 6) is 1.33. The lowest BCUT2D eigenvalue weighted by molar-refractivity contribution is -0.0222. The van der Waals surface area contributed by atoms with Crippen molar-refractivity contribution in [2.75, 3.05) is 46.2 Å². The number of hydrogen-bond donors (Lipinski definition) is 1. The molecule has 1 atom stereocenters. The molecule has 0 spiro atoms. The lowest BCUT2D eigenvalue weighted by Crippen LogP contribution is -2.32. The van der Waals surface area contributed by atoms with E-state index in [0.29, 0.717) is 51.1 Å². The molecule has 0 fully saturated rings. The van der Waals surface area contributed by atoms with Crippen LogP contribution in [0, 0.1) is 0 Å². The zero-order chi connectivity index (χ0) is 14.0. The predicted molar refractivity (Wildman–Crippen MR) is 73.0 cm³/mol. The number of benzene rings is 1. The molecule has 2 N–H and O–H groups in total. The number of rotatable bonds is 0. The van der Waals surface area contributed by atoms with E-state index >= 15 is 0 Å². The normalized spacial score (nSPS) is 22.6. The average Bonchev–Trinajstić information content (AvgIpc) is 2.48. The predicted octanol–water partition coefficient (Wildman–Crippen LogP) is 0.792. The van der Waals surface area contributed by atoms with E-state index in [1.54, 1.807) is 0 Å². The van der Waals surface area contributed by atoms with Crippen LogP contribution in [0.5, 0.6) is 11.5 Å². The molecule has 1 aliphatic heterocycles. The fourth-order valence-electron chi connectivity index (χ4n) is 1.70. The quantitative estimate of drug-likeness (QED) is 0.759. The van der Waals surface area contributed by atoms with Gasteiger partial charge in [0.15, 0.2) is 11.5 Å². The Morgan fingerprint density at radius 1 is 0.800 bits per heavy atom. The third-order valence-corrected chi connectivity index (χ3v) is 2.67. The van der Waals surface area contributed by atoms with Crippen LogP contribution in [-0.2, 0) is 14.2 Å². The van der Waals surface area contributed by atoms with E-state index in [2.05, 4.69) is 0 Å². The summed E-state index contributed by atoms with van der Waals surface area (Å²) in [4.78, 5) is 0. The molecule has 20 heavy (non-hydrogen) atoms. The molecule has 6 nitrogen and oxygen atoms in total. The maximum absolute atomic E-state index is 5.80. The van der Waals surface area contributed by atoms with Gasteiger partial charge in [-0.05, 0) is 12.1 Å². The second-order valence-corrected chi connectivity index (χ2v) is 4.24. The summed E-state index contributed by atoms with van der Waals surface area (Å²) >= 11 is 0. The Morgan fingerprint density at radius 2 is 1.40 bits per heavy atom. The molecule has 1 aromatic rings. The molecule has 0 aliphatic carbocycles. The highest BCUT2D eigenvalue weighted by atomic mass is 16.6. The summed E-state index contributed by atoms with van der Waals surface area (Å²) in [5, 5.41) is 0. The first kappa shape index (κ1) is 15.1. The van der Waals surface area contributed by atoms with Crippen molar-refractivity contribution in [1.82, 2.24) is 0 Å². The van der Waals surface area contributed by atoms with Crippen LogP contribution in [0.25, 0.3) is 0 Å². The molecule has 0 bridgehead atoms. The van der Waals surface area contributed by atoms with Crippen LogP contribution >= 0.6 is 0 Å². The Labute approximate surface area is 118 Å². The fraction of sp³-hybridized carbons (Fsp3) is 0.571. The van der Waals surface area contributed by atoms with Crippen LogP contribution in [-0.4, -0.2) is 52.5 Å². The molecule has 1 aliphatic rings. The number of nitrogens with two attached hydrogens (primary N) is 1. The zero-order valence-electron chi connectivity index (χ0n) is 11.5. The number of para-hydroxylation sites is 2. The van der Waals surface area contributed by atoms with Crippen molar-refractivity contribution in [2.24, 2.45) is 5.73 Å². The highest BCUT2D eigenvalue weighted by Crippen LogP contribution is 2.26. The molecule has 0 radical (unpaired) electrons. The lowest BCUT2D eigenvalue weighted by atomic mass is 10.3. The summed E-state index contributed by atoms with van der Waals surface area (Å²) in [6.07, 6.45) is -0.493. The van der Waals surface area contributed by atoms with Crippen LogP contribution in [0.3, 0.4) is 0 Å². The van der Waals surface area contributed by atoms with Gasteiger partial charge < -0.3 is 29.4 Å². The molecule has 1 aromatic carbocycles. The number of ether oxygens (including phenoxy) is 5. The molecule has 112 valence electrons. The van der Waals surface area contributed by atoms with Crippen molar-refractivity contribution in [3.05, 3.63) is 24.3 Å². The molecule has 1 heterocycles. The van der Waals surface area contributed by atoms with Gasteiger partial charge in [-0.15, -0.1) is 0 Å². The van der Waals surface area contributed by atoms with Gasteiger partial charge in [-0.1, -0.05) is 12.1 Å². The van der Waals surface area contributed by atoms with E-state index < -0.39 is 6.23 Å². The molecule has 0 amide bonds. The molecule has 0 aromatic heterocycles. The second-order valence-electron chi connectivity index (χ2n) is 4.24. The molecule has 6 heteroatoms. The SMILES string of the molecule is NC1COc2ccccc2OCCOCCOCCO1. The first-order chi connectivity index (χ1) is 9.86. The maximum Gasteiger partial charge on any atom is 0.161 e. The molecular weight excluding hydrogens is 262 g/mol. The first-order valence-corrected chi connectivity index (χ1v) is 6.73. The van der Waals surface area contributed by atoms with Crippen molar-refractivity contribution in [1.29, 1.82) is 0 Å². The number of hydrogen-bond acceptors (Lipinski definition) is 6. The maximum atomic E-state index is 5.80. The highest BCUT2D eigenvalue weighted by molar-refractivity contribution is 5.39. The Morgan fingerprint density at radius 3 is 2.15 bits per heavy atom. The zero-order valence-corrected chi connectivity index (χ0v) is 11.5. The fourth-order valence-corrected chi connectivity index (χ4v) is 1.70. The molecule has 2 rings (SSSR count). The van der Waals surface area contributed by atoms with Crippen molar-refractivity contribution in [3.63, 3.8) is 0 Å². The van der Waals surface area contributed by atoms with E-state index in [4.69, 9.17) is 29.4 Å². The Kier molecular flexibility index (Phi) is 6.59. The average molecular weight is 283 g/mol. The molecule has 0 saturated heterocycles. The number of fused-ring (bicyclic) bond motifs is 1. The summed E-state index contributed by atoms with van der Waals surface area (Å²) in [5.41, 5.74) is 5.80. The topological polar surface area (TPSA) is 72.2 Å². The van der Waals surface area contributed by atoms with Gasteiger partial charge in [-0.2, -0.15) is 0 Å². The monoisotopic (exact) mass is 283 g/mol. The minimum Gasteiger partial charge on any atom is -0.487 e. The summed E-state index contributed by atoms with van der Waals surface area (Å²) in [7, 11) is 0. The van der Waals surface area contributed by atoms with E-state index in [-0.39, 0.29) is 6.61 Å². The van der Waals surface area contributed by atoms with Gasteiger partial charge in [0.05, 0.1) is 33.0 Å². The first-order valence-electron chi connectivity index (χ1n) is 6.73. The van der Waals surface area contributed by atoms with Crippen LogP contribution in [0.2, 0.25) is 0 Å². The minimum absolute atomic E-state index is 0.261. The van der Waals surface area contributed by atoms with Crippen LogP contribution in [0.1, 0.15) is 0 Å². The van der Waals surface area contributed by atoms with Gasteiger partial charge >= 0.3 is 0 Å². The van der Waals surface area contributed by atoms with Crippen LogP contribution in [0.4, 0.5) is 0 Å². The summed E-state index contributed by atoms with van der Waals surface area (Å²) in [6.45, 7) is 3.22. The van der Waals surface area contributed by atoms with Gasteiger partial charge in [-0.25, -0.2) is 0 Å². The van der Waals surface area contributed by atoms with Gasteiger partial charge in [-0.3, -0.25) is 0 Å². The molecular formula is C14H21NO5. The van der Waals surface area contributed by atoms with E-state index in [1.165, 1.54) is 0 Å².